The van der Waals surface area contributed by atoms with Gasteiger partial charge in [-0.05, 0) is 48.6 Å². The van der Waals surface area contributed by atoms with E-state index in [-0.39, 0.29) is 18.9 Å². The predicted molar refractivity (Wildman–Crippen MR) is 154 cm³/mol. The van der Waals surface area contributed by atoms with Gasteiger partial charge in [0.15, 0.2) is 6.04 Å². The number of carbonyl (C=O) groups is 4. The first kappa shape index (κ1) is 30.1. The van der Waals surface area contributed by atoms with Crippen molar-refractivity contribution in [1.82, 2.24) is 10.6 Å². The first-order valence-electron chi connectivity index (χ1n) is 13.6. The molecule has 0 saturated carbocycles. The Morgan fingerprint density at radius 2 is 1.31 bits per heavy atom. The summed E-state index contributed by atoms with van der Waals surface area (Å²) in [4.78, 5) is 49.8. The lowest BCUT2D eigenvalue weighted by Gasteiger charge is -2.23. The van der Waals surface area contributed by atoms with E-state index in [1.165, 1.54) is 0 Å². The molecule has 0 aliphatic heterocycles. The van der Waals surface area contributed by atoms with Crippen molar-refractivity contribution in [3.63, 3.8) is 0 Å². The molecule has 3 N–H and O–H groups in total. The first-order valence-corrected chi connectivity index (χ1v) is 13.6. The zero-order valence-corrected chi connectivity index (χ0v) is 23.7. The fourth-order valence-corrected chi connectivity index (χ4v) is 4.72. The quantitative estimate of drug-likeness (QED) is 0.235. The number of esters is 1. The predicted octanol–water partition coefficient (Wildman–Crippen LogP) is 4.66. The number of carbonyl (C=O) groups excluding carboxylic acids is 3. The number of hydrogen-bond acceptors (Lipinski definition) is 7. The van der Waals surface area contributed by atoms with Crippen LogP contribution in [0.15, 0.2) is 78.9 Å². The van der Waals surface area contributed by atoms with E-state index in [4.69, 9.17) is 14.2 Å². The van der Waals surface area contributed by atoms with E-state index in [2.05, 4.69) is 10.6 Å². The summed E-state index contributed by atoms with van der Waals surface area (Å²) in [6, 6.07) is 22.1. The minimum Gasteiger partial charge on any atom is -0.480 e. The molecule has 2 amide bonds. The summed E-state index contributed by atoms with van der Waals surface area (Å²) in [5, 5.41) is 14.3. The lowest BCUT2D eigenvalue weighted by molar-refractivity contribution is -0.150. The molecule has 3 aromatic rings. The topological polar surface area (TPSA) is 140 Å². The van der Waals surface area contributed by atoms with Crippen LogP contribution in [0.25, 0.3) is 11.1 Å². The monoisotopic (exact) mass is 574 g/mol. The van der Waals surface area contributed by atoms with Gasteiger partial charge < -0.3 is 30.0 Å². The second kappa shape index (κ2) is 13.2. The Labute approximate surface area is 244 Å². The van der Waals surface area contributed by atoms with Crippen molar-refractivity contribution in [2.75, 3.05) is 13.2 Å². The number of ether oxygens (including phenoxy) is 3. The van der Waals surface area contributed by atoms with Crippen LogP contribution >= 0.6 is 0 Å². The van der Waals surface area contributed by atoms with Gasteiger partial charge in [-0.1, -0.05) is 78.9 Å². The minimum atomic E-state index is -1.56. The normalized spacial score (nSPS) is 13.6. The van der Waals surface area contributed by atoms with E-state index >= 15 is 0 Å². The summed E-state index contributed by atoms with van der Waals surface area (Å²) >= 11 is 0. The lowest BCUT2D eigenvalue weighted by atomic mass is 9.98. The Morgan fingerprint density at radius 1 is 0.762 bits per heavy atom. The fourth-order valence-electron chi connectivity index (χ4n) is 4.72. The van der Waals surface area contributed by atoms with Crippen LogP contribution in [0.1, 0.15) is 43.4 Å². The van der Waals surface area contributed by atoms with E-state index < -0.39 is 48.4 Å². The van der Waals surface area contributed by atoms with Crippen molar-refractivity contribution in [2.24, 2.45) is 0 Å². The maximum Gasteiger partial charge on any atom is 0.408 e. The van der Waals surface area contributed by atoms with Gasteiger partial charge in [0.2, 0.25) is 0 Å². The fraction of sp³-hybridized carbons (Fsp3) is 0.312. The zero-order chi connectivity index (χ0) is 30.3. The van der Waals surface area contributed by atoms with Crippen molar-refractivity contribution in [2.45, 2.75) is 50.8 Å². The van der Waals surface area contributed by atoms with Crippen LogP contribution < -0.4 is 10.6 Å². The van der Waals surface area contributed by atoms with Crippen LogP contribution in [0.5, 0.6) is 0 Å². The number of fused-ring (bicyclic) bond motifs is 3. The molecule has 2 atom stereocenters. The number of rotatable bonds is 10. The molecule has 1 aliphatic rings. The first-order chi connectivity index (χ1) is 20.0. The number of nitrogens with one attached hydrogen (secondary N) is 2. The summed E-state index contributed by atoms with van der Waals surface area (Å²) in [6.45, 7) is 4.27. The maximum atomic E-state index is 13.1. The van der Waals surface area contributed by atoms with Crippen LogP contribution in [0.3, 0.4) is 0 Å². The summed E-state index contributed by atoms with van der Waals surface area (Å²) in [7, 11) is 0. The molecule has 220 valence electrons. The maximum absolute atomic E-state index is 13.1. The average Bonchev–Trinajstić information content (AvgIpc) is 3.26. The highest BCUT2D eigenvalue weighted by Gasteiger charge is 2.31. The van der Waals surface area contributed by atoms with Gasteiger partial charge in [0, 0.05) is 12.3 Å². The largest absolute Gasteiger partial charge is 0.480 e. The van der Waals surface area contributed by atoms with Gasteiger partial charge in [0.1, 0.15) is 24.9 Å². The van der Waals surface area contributed by atoms with Crippen molar-refractivity contribution in [3.05, 3.63) is 95.6 Å². The molecular formula is C32H34N2O8. The van der Waals surface area contributed by atoms with E-state index in [9.17, 15) is 24.3 Å². The van der Waals surface area contributed by atoms with Gasteiger partial charge in [-0.15, -0.1) is 0 Å². The highest BCUT2D eigenvalue weighted by atomic mass is 16.6. The molecule has 3 aromatic carbocycles. The Morgan fingerprint density at radius 3 is 1.88 bits per heavy atom. The number of aliphatic carboxylic acids is 1. The lowest BCUT2D eigenvalue weighted by Crippen LogP contribution is -2.48. The van der Waals surface area contributed by atoms with Crippen molar-refractivity contribution >= 4 is 24.1 Å². The highest BCUT2D eigenvalue weighted by Crippen LogP contribution is 2.44. The molecule has 0 saturated heterocycles. The minimum absolute atomic E-state index is 0.0495. The Kier molecular flexibility index (Phi) is 9.46. The Bertz CT molecular complexity index is 1390. The standard InChI is InChI=1S/C32H34N2O8/c1-32(2,3)42-31(39)34-27(28(35)36)19-40-29(37)26(17-20-11-5-4-6-12-20)33-30(38)41-18-25-23-15-9-7-13-21(23)22-14-8-10-16-24(22)25/h4-16,25-27H,17-19H2,1-3H3,(H,33,38)(H,34,39)(H,35,36)/t26-,27-/m0/s1. The number of hydrogen-bond donors (Lipinski definition) is 3. The van der Waals surface area contributed by atoms with Gasteiger partial charge >= 0.3 is 24.1 Å². The highest BCUT2D eigenvalue weighted by molar-refractivity contribution is 5.84. The second-order valence-electron chi connectivity index (χ2n) is 10.9. The van der Waals surface area contributed by atoms with Gasteiger partial charge in [-0.25, -0.2) is 19.2 Å². The summed E-state index contributed by atoms with van der Waals surface area (Å²) in [5.41, 5.74) is 4.14. The molecule has 1 aliphatic carbocycles. The summed E-state index contributed by atoms with van der Waals surface area (Å²) in [5.74, 6) is -2.47. The van der Waals surface area contributed by atoms with Crippen LogP contribution in [0.4, 0.5) is 9.59 Å². The number of amides is 2. The van der Waals surface area contributed by atoms with Crippen LogP contribution in [-0.2, 0) is 30.2 Å². The third-order valence-corrected chi connectivity index (χ3v) is 6.58. The Balaban J connectivity index is 1.41. The molecule has 42 heavy (non-hydrogen) atoms. The average molecular weight is 575 g/mol. The van der Waals surface area contributed by atoms with Crippen LogP contribution in [0, 0.1) is 0 Å². The van der Waals surface area contributed by atoms with E-state index in [0.717, 1.165) is 27.8 Å². The number of carboxylic acids is 1. The summed E-state index contributed by atoms with van der Waals surface area (Å²) < 4.78 is 15.9. The van der Waals surface area contributed by atoms with E-state index in [1.807, 2.05) is 54.6 Å². The summed E-state index contributed by atoms with van der Waals surface area (Å²) in [6.07, 6.45) is -1.72. The molecule has 0 spiro atoms. The van der Waals surface area contributed by atoms with Crippen molar-refractivity contribution in [1.29, 1.82) is 0 Å². The molecule has 0 heterocycles. The third kappa shape index (κ3) is 7.87. The Hall–Kier alpha value is -4.86. The molecule has 0 unspecified atom stereocenters. The van der Waals surface area contributed by atoms with Crippen LogP contribution in [-0.4, -0.2) is 60.1 Å². The molecule has 4 rings (SSSR count). The molecule has 10 heteroatoms. The van der Waals surface area contributed by atoms with Crippen molar-refractivity contribution < 1.29 is 38.5 Å². The van der Waals surface area contributed by atoms with Crippen LogP contribution in [0.2, 0.25) is 0 Å². The molecule has 0 fully saturated rings. The molecule has 10 nitrogen and oxygen atoms in total. The van der Waals surface area contributed by atoms with Gasteiger partial charge in [0.25, 0.3) is 0 Å². The third-order valence-electron chi connectivity index (χ3n) is 6.58. The molecule has 0 radical (unpaired) electrons. The van der Waals surface area contributed by atoms with E-state index in [0.29, 0.717) is 0 Å². The van der Waals surface area contributed by atoms with E-state index in [1.54, 1.807) is 45.0 Å². The van der Waals surface area contributed by atoms with Gasteiger partial charge in [0.05, 0.1) is 0 Å². The number of benzene rings is 3. The molecule has 0 aromatic heterocycles. The van der Waals surface area contributed by atoms with Crippen molar-refractivity contribution in [3.8, 4) is 11.1 Å². The number of alkyl carbamates (subject to hydrolysis) is 2. The number of carboxylic acid groups (broad SMARTS) is 1. The van der Waals surface area contributed by atoms with Gasteiger partial charge in [-0.3, -0.25) is 0 Å². The zero-order valence-electron chi connectivity index (χ0n) is 23.7. The molecular weight excluding hydrogens is 540 g/mol. The van der Waals surface area contributed by atoms with Gasteiger partial charge in [-0.2, -0.15) is 0 Å². The molecule has 0 bridgehead atoms. The SMILES string of the molecule is CC(C)(C)OC(=O)N[C@@H](COC(=O)[C@H](Cc1ccccc1)NC(=O)OCC1c2ccccc2-c2ccccc21)C(=O)O. The second-order valence-corrected chi connectivity index (χ2v) is 10.9. The smallest absolute Gasteiger partial charge is 0.408 e.